The van der Waals surface area contributed by atoms with Crippen molar-refractivity contribution in [3.63, 3.8) is 0 Å². The lowest BCUT2D eigenvalue weighted by atomic mass is 10.2. The number of nitrogens with two attached hydrogens (primary N) is 1. The van der Waals surface area contributed by atoms with Crippen molar-refractivity contribution in [3.05, 3.63) is 58.1 Å². The zero-order valence-electron chi connectivity index (χ0n) is 13.4. The lowest BCUT2D eigenvalue weighted by Gasteiger charge is -2.07. The Labute approximate surface area is 166 Å². The van der Waals surface area contributed by atoms with E-state index in [1.807, 2.05) is 0 Å². The molecule has 2 aromatic carbocycles. The van der Waals surface area contributed by atoms with Crippen LogP contribution in [-0.4, -0.2) is 26.5 Å². The van der Waals surface area contributed by atoms with E-state index >= 15 is 0 Å². The second-order valence-corrected chi connectivity index (χ2v) is 7.05. The summed E-state index contributed by atoms with van der Waals surface area (Å²) in [5, 5.41) is 11.3. The van der Waals surface area contributed by atoms with Gasteiger partial charge in [0.15, 0.2) is 5.82 Å². The van der Waals surface area contributed by atoms with Crippen molar-refractivity contribution in [2.75, 3.05) is 16.9 Å². The predicted octanol–water partition coefficient (Wildman–Crippen LogP) is 3.97. The first-order valence-corrected chi connectivity index (χ1v) is 9.13. The van der Waals surface area contributed by atoms with Crippen molar-refractivity contribution in [1.82, 2.24) is 14.9 Å². The Morgan fingerprint density at radius 3 is 2.70 bits per heavy atom. The molecule has 1 amide bonds. The highest BCUT2D eigenvalue weighted by Gasteiger charge is 2.17. The van der Waals surface area contributed by atoms with Crippen LogP contribution >= 0.6 is 35.0 Å². The fourth-order valence-corrected chi connectivity index (χ4v) is 3.17. The second kappa shape index (κ2) is 8.12. The van der Waals surface area contributed by atoms with Gasteiger partial charge in [0.2, 0.25) is 11.1 Å². The lowest BCUT2D eigenvalue weighted by Crippen LogP contribution is -2.17. The fourth-order valence-electron chi connectivity index (χ4n) is 2.14. The molecular formula is C16H11Cl2F2N5OS. The van der Waals surface area contributed by atoms with E-state index in [-0.39, 0.29) is 22.4 Å². The van der Waals surface area contributed by atoms with Gasteiger partial charge in [-0.05, 0) is 30.3 Å². The van der Waals surface area contributed by atoms with E-state index in [1.165, 1.54) is 4.68 Å². The molecule has 0 radical (unpaired) electrons. The number of anilines is 1. The third kappa shape index (κ3) is 4.49. The van der Waals surface area contributed by atoms with Gasteiger partial charge in [-0.25, -0.2) is 13.5 Å². The van der Waals surface area contributed by atoms with E-state index in [1.54, 1.807) is 18.2 Å². The number of hydrogen-bond acceptors (Lipinski definition) is 5. The number of hydrogen-bond donors (Lipinski definition) is 2. The van der Waals surface area contributed by atoms with Gasteiger partial charge in [-0.3, -0.25) is 4.79 Å². The van der Waals surface area contributed by atoms with Crippen LogP contribution in [-0.2, 0) is 4.79 Å². The number of nitrogens with one attached hydrogen (secondary N) is 1. The van der Waals surface area contributed by atoms with Gasteiger partial charge in [-0.2, -0.15) is 0 Å². The summed E-state index contributed by atoms with van der Waals surface area (Å²) in [7, 11) is 0. The zero-order valence-corrected chi connectivity index (χ0v) is 15.7. The van der Waals surface area contributed by atoms with Crippen molar-refractivity contribution in [1.29, 1.82) is 0 Å². The smallest absolute Gasteiger partial charge is 0.234 e. The average Bonchev–Trinajstić information content (AvgIpc) is 2.98. The number of halogens is 4. The van der Waals surface area contributed by atoms with E-state index < -0.39 is 17.5 Å². The van der Waals surface area contributed by atoms with E-state index in [4.69, 9.17) is 29.0 Å². The molecule has 6 nitrogen and oxygen atoms in total. The second-order valence-electron chi connectivity index (χ2n) is 5.26. The molecule has 0 unspecified atom stereocenters. The summed E-state index contributed by atoms with van der Waals surface area (Å²) >= 11 is 13.1. The van der Waals surface area contributed by atoms with E-state index in [0.29, 0.717) is 21.7 Å². The first-order valence-electron chi connectivity index (χ1n) is 7.39. The SMILES string of the molecule is Nn1c(SCC(=O)Nc2ccc(F)cc2F)nnc1-c1cc(Cl)ccc1Cl. The number of amides is 1. The molecule has 27 heavy (non-hydrogen) atoms. The summed E-state index contributed by atoms with van der Waals surface area (Å²) in [6.07, 6.45) is 0. The summed E-state index contributed by atoms with van der Waals surface area (Å²) in [5.74, 6) is 4.01. The summed E-state index contributed by atoms with van der Waals surface area (Å²) in [6, 6.07) is 7.68. The molecule has 0 saturated heterocycles. The number of carbonyl (C=O) groups is 1. The molecule has 3 rings (SSSR count). The molecule has 0 bridgehead atoms. The quantitative estimate of drug-likeness (QED) is 0.473. The fraction of sp³-hybridized carbons (Fsp3) is 0.0625. The summed E-state index contributed by atoms with van der Waals surface area (Å²) in [4.78, 5) is 12.0. The maximum absolute atomic E-state index is 13.6. The molecule has 3 N–H and O–H groups in total. The normalized spacial score (nSPS) is 10.8. The van der Waals surface area contributed by atoms with Gasteiger partial charge in [0.25, 0.3) is 0 Å². The molecule has 3 aromatic rings. The highest BCUT2D eigenvalue weighted by atomic mass is 35.5. The Morgan fingerprint density at radius 2 is 1.96 bits per heavy atom. The number of benzene rings is 2. The first-order chi connectivity index (χ1) is 12.8. The Morgan fingerprint density at radius 1 is 1.19 bits per heavy atom. The van der Waals surface area contributed by atoms with Gasteiger partial charge in [0.1, 0.15) is 11.6 Å². The molecule has 0 aliphatic rings. The van der Waals surface area contributed by atoms with Crippen LogP contribution in [0.2, 0.25) is 10.0 Å². The number of thioether (sulfide) groups is 1. The van der Waals surface area contributed by atoms with Crippen LogP contribution in [0.15, 0.2) is 41.6 Å². The molecule has 0 aliphatic carbocycles. The highest BCUT2D eigenvalue weighted by Crippen LogP contribution is 2.30. The minimum Gasteiger partial charge on any atom is -0.335 e. The molecule has 1 aromatic heterocycles. The van der Waals surface area contributed by atoms with Crippen LogP contribution in [0.5, 0.6) is 0 Å². The van der Waals surface area contributed by atoms with Crippen LogP contribution in [0.4, 0.5) is 14.5 Å². The topological polar surface area (TPSA) is 85.8 Å². The predicted molar refractivity (Wildman–Crippen MR) is 101 cm³/mol. The first kappa shape index (κ1) is 19.4. The van der Waals surface area contributed by atoms with E-state index in [2.05, 4.69) is 15.5 Å². The van der Waals surface area contributed by atoms with Gasteiger partial charge >= 0.3 is 0 Å². The van der Waals surface area contributed by atoms with E-state index in [0.717, 1.165) is 23.9 Å². The van der Waals surface area contributed by atoms with Gasteiger partial charge in [-0.15, -0.1) is 10.2 Å². The molecular weight excluding hydrogens is 419 g/mol. The number of carbonyl (C=O) groups excluding carboxylic acids is 1. The molecule has 11 heteroatoms. The van der Waals surface area contributed by atoms with Crippen molar-refractivity contribution in [2.45, 2.75) is 5.16 Å². The minimum atomic E-state index is -0.867. The Kier molecular flexibility index (Phi) is 5.83. The van der Waals surface area contributed by atoms with Gasteiger partial charge in [-0.1, -0.05) is 35.0 Å². The number of nitrogens with zero attached hydrogens (tertiary/aromatic N) is 3. The molecule has 140 valence electrons. The zero-order chi connectivity index (χ0) is 19.6. The largest absolute Gasteiger partial charge is 0.335 e. The van der Waals surface area contributed by atoms with Crippen LogP contribution in [0.3, 0.4) is 0 Å². The van der Waals surface area contributed by atoms with Crippen molar-refractivity contribution >= 4 is 46.6 Å². The number of rotatable bonds is 5. The minimum absolute atomic E-state index is 0.116. The Balaban J connectivity index is 1.69. The van der Waals surface area contributed by atoms with E-state index in [9.17, 15) is 13.6 Å². The van der Waals surface area contributed by atoms with Crippen molar-refractivity contribution < 1.29 is 13.6 Å². The lowest BCUT2D eigenvalue weighted by molar-refractivity contribution is -0.113. The summed E-state index contributed by atoms with van der Waals surface area (Å²) < 4.78 is 27.6. The third-order valence-electron chi connectivity index (χ3n) is 3.37. The van der Waals surface area contributed by atoms with Gasteiger partial charge in [0.05, 0.1) is 16.5 Å². The standard InChI is InChI=1S/C16H11Cl2F2N5OS/c17-8-1-3-11(18)10(5-8)15-23-24-16(25(15)21)27-7-14(26)22-13-4-2-9(19)6-12(13)20/h1-6H,7,21H2,(H,22,26). The molecule has 0 saturated carbocycles. The van der Waals surface area contributed by atoms with Gasteiger partial charge in [0, 0.05) is 16.7 Å². The van der Waals surface area contributed by atoms with Crippen molar-refractivity contribution in [3.8, 4) is 11.4 Å². The molecule has 1 heterocycles. The number of aromatic nitrogens is 3. The maximum atomic E-state index is 13.6. The third-order valence-corrected chi connectivity index (χ3v) is 4.88. The highest BCUT2D eigenvalue weighted by molar-refractivity contribution is 7.99. The molecule has 0 spiro atoms. The average molecular weight is 430 g/mol. The maximum Gasteiger partial charge on any atom is 0.234 e. The van der Waals surface area contributed by atoms with Crippen LogP contribution < -0.4 is 11.2 Å². The monoisotopic (exact) mass is 429 g/mol. The Hall–Kier alpha value is -2.36. The summed E-state index contributed by atoms with van der Waals surface area (Å²) in [5.41, 5.74) is 0.367. The molecule has 0 atom stereocenters. The molecule has 0 aliphatic heterocycles. The Bertz CT molecular complexity index is 1010. The van der Waals surface area contributed by atoms with Crippen LogP contribution in [0.25, 0.3) is 11.4 Å². The van der Waals surface area contributed by atoms with Crippen molar-refractivity contribution in [2.24, 2.45) is 0 Å². The summed E-state index contributed by atoms with van der Waals surface area (Å²) in [6.45, 7) is 0. The van der Waals surface area contributed by atoms with Crippen LogP contribution in [0, 0.1) is 11.6 Å². The molecule has 0 fully saturated rings. The number of nitrogen functional groups attached to an aromatic ring is 1. The van der Waals surface area contributed by atoms with Crippen LogP contribution in [0.1, 0.15) is 0 Å². The van der Waals surface area contributed by atoms with Gasteiger partial charge < -0.3 is 11.2 Å².